The number of alkyl halides is 3. The third-order valence-corrected chi connectivity index (χ3v) is 3.93. The topological polar surface area (TPSA) is 52.9 Å². The van der Waals surface area contributed by atoms with Gasteiger partial charge in [0, 0.05) is 19.7 Å². The van der Waals surface area contributed by atoms with Crippen molar-refractivity contribution >= 4 is 0 Å². The fourth-order valence-electron chi connectivity index (χ4n) is 2.77. The van der Waals surface area contributed by atoms with Gasteiger partial charge in [0.15, 0.2) is 0 Å². The summed E-state index contributed by atoms with van der Waals surface area (Å²) in [6.45, 7) is 2.01. The van der Waals surface area contributed by atoms with Crippen LogP contribution in [0.15, 0.2) is 24.3 Å². The van der Waals surface area contributed by atoms with Crippen LogP contribution in [0.3, 0.4) is 0 Å². The predicted molar refractivity (Wildman–Crippen MR) is 79.2 cm³/mol. The molecular weight excluding hydrogens is 311 g/mol. The van der Waals surface area contributed by atoms with E-state index in [2.05, 4.69) is 0 Å². The van der Waals surface area contributed by atoms with E-state index in [-0.39, 0.29) is 24.9 Å². The van der Waals surface area contributed by atoms with Gasteiger partial charge in [-0.2, -0.15) is 13.2 Å². The average molecular weight is 333 g/mol. The highest BCUT2D eigenvalue weighted by molar-refractivity contribution is 5.30. The van der Waals surface area contributed by atoms with E-state index in [4.69, 9.17) is 4.74 Å². The van der Waals surface area contributed by atoms with Crippen LogP contribution in [0, 0.1) is 5.92 Å². The number of aliphatic hydroxyl groups is 2. The van der Waals surface area contributed by atoms with Crippen LogP contribution in [0.2, 0.25) is 0 Å². The predicted octanol–water partition coefficient (Wildman–Crippen LogP) is 2.15. The van der Waals surface area contributed by atoms with Crippen LogP contribution in [0.5, 0.6) is 5.75 Å². The Hall–Kier alpha value is -1.31. The molecule has 0 radical (unpaired) electrons. The molecule has 2 atom stereocenters. The van der Waals surface area contributed by atoms with Crippen molar-refractivity contribution in [2.45, 2.75) is 25.1 Å². The summed E-state index contributed by atoms with van der Waals surface area (Å²) >= 11 is 0. The molecule has 1 aromatic rings. The van der Waals surface area contributed by atoms with Gasteiger partial charge in [0.1, 0.15) is 18.5 Å². The van der Waals surface area contributed by atoms with Gasteiger partial charge in [0.2, 0.25) is 0 Å². The number of hydrogen-bond acceptors (Lipinski definition) is 4. The summed E-state index contributed by atoms with van der Waals surface area (Å²) < 4.78 is 43.1. The van der Waals surface area contributed by atoms with E-state index >= 15 is 0 Å². The summed E-state index contributed by atoms with van der Waals surface area (Å²) in [4.78, 5) is 2.05. The van der Waals surface area contributed by atoms with E-state index in [0.717, 1.165) is 38.1 Å². The molecule has 0 bridgehead atoms. The van der Waals surface area contributed by atoms with E-state index in [1.165, 1.54) is 12.1 Å². The summed E-state index contributed by atoms with van der Waals surface area (Å²) in [5, 5.41) is 19.2. The Morgan fingerprint density at radius 3 is 2.83 bits per heavy atom. The van der Waals surface area contributed by atoms with E-state index < -0.39 is 17.8 Å². The number of hydrogen-bond donors (Lipinski definition) is 2. The fourth-order valence-corrected chi connectivity index (χ4v) is 2.77. The SMILES string of the molecule is OCC1CCCN(CC(O)COc2cccc(C(F)(F)F)c2)C1. The van der Waals surface area contributed by atoms with Crippen LogP contribution >= 0.6 is 0 Å². The lowest BCUT2D eigenvalue weighted by Gasteiger charge is -2.33. The first-order chi connectivity index (χ1) is 10.9. The molecule has 1 fully saturated rings. The Morgan fingerprint density at radius 2 is 2.13 bits per heavy atom. The molecule has 2 N–H and O–H groups in total. The van der Waals surface area contributed by atoms with Gasteiger partial charge in [-0.15, -0.1) is 0 Å². The van der Waals surface area contributed by atoms with Gasteiger partial charge in [0.05, 0.1) is 5.56 Å². The smallest absolute Gasteiger partial charge is 0.416 e. The fraction of sp³-hybridized carbons (Fsp3) is 0.625. The number of benzene rings is 1. The van der Waals surface area contributed by atoms with Crippen molar-refractivity contribution in [3.63, 3.8) is 0 Å². The maximum Gasteiger partial charge on any atom is 0.416 e. The highest BCUT2D eigenvalue weighted by Gasteiger charge is 2.30. The van der Waals surface area contributed by atoms with Gasteiger partial charge >= 0.3 is 6.18 Å². The van der Waals surface area contributed by atoms with E-state index in [9.17, 15) is 23.4 Å². The summed E-state index contributed by atoms with van der Waals surface area (Å²) in [6.07, 6.45) is -3.26. The molecule has 0 spiro atoms. The van der Waals surface area contributed by atoms with Gasteiger partial charge in [0.25, 0.3) is 0 Å². The molecule has 0 aliphatic carbocycles. The summed E-state index contributed by atoms with van der Waals surface area (Å²) in [5.41, 5.74) is -0.772. The van der Waals surface area contributed by atoms with E-state index in [1.54, 1.807) is 0 Å². The van der Waals surface area contributed by atoms with Crippen LogP contribution in [0.4, 0.5) is 13.2 Å². The largest absolute Gasteiger partial charge is 0.491 e. The van der Waals surface area contributed by atoms with Crippen molar-refractivity contribution in [2.24, 2.45) is 5.92 Å². The van der Waals surface area contributed by atoms with Gasteiger partial charge in [-0.25, -0.2) is 0 Å². The number of halogens is 3. The van der Waals surface area contributed by atoms with Gasteiger partial charge in [-0.05, 0) is 43.5 Å². The zero-order chi connectivity index (χ0) is 16.9. The molecule has 0 aromatic heterocycles. The van der Waals surface area contributed by atoms with Crippen molar-refractivity contribution in [2.75, 3.05) is 32.8 Å². The molecule has 1 aromatic carbocycles. The highest BCUT2D eigenvalue weighted by atomic mass is 19.4. The maximum atomic E-state index is 12.6. The minimum atomic E-state index is -4.41. The van der Waals surface area contributed by atoms with E-state index in [1.807, 2.05) is 4.90 Å². The van der Waals surface area contributed by atoms with Crippen molar-refractivity contribution in [3.05, 3.63) is 29.8 Å². The molecule has 4 nitrogen and oxygen atoms in total. The zero-order valence-corrected chi connectivity index (χ0v) is 12.8. The second kappa shape index (κ2) is 7.99. The Kier molecular flexibility index (Phi) is 6.26. The number of ether oxygens (including phenoxy) is 1. The second-order valence-corrected chi connectivity index (χ2v) is 5.94. The molecule has 1 aliphatic heterocycles. The molecular formula is C16H22F3NO3. The standard InChI is InChI=1S/C16H22F3NO3/c17-16(18,19)13-4-1-5-15(7-13)23-11-14(22)9-20-6-2-3-12(8-20)10-21/h1,4-5,7,12,14,21-22H,2-3,6,8-11H2. The summed E-state index contributed by atoms with van der Waals surface area (Å²) in [5.74, 6) is 0.311. The van der Waals surface area contributed by atoms with E-state index in [0.29, 0.717) is 6.54 Å². The number of aliphatic hydroxyl groups excluding tert-OH is 2. The summed E-state index contributed by atoms with van der Waals surface area (Å²) in [7, 11) is 0. The number of β-amino-alcohol motifs (C(OH)–C–C–N with tert-alkyl or cyclic N) is 1. The summed E-state index contributed by atoms with van der Waals surface area (Å²) in [6, 6.07) is 4.62. The molecule has 2 unspecified atom stereocenters. The first-order valence-corrected chi connectivity index (χ1v) is 7.70. The van der Waals surface area contributed by atoms with Crippen LogP contribution in [0.25, 0.3) is 0 Å². The third kappa shape index (κ3) is 5.67. The van der Waals surface area contributed by atoms with Crippen molar-refractivity contribution in [1.29, 1.82) is 0 Å². The Morgan fingerprint density at radius 1 is 1.35 bits per heavy atom. The van der Waals surface area contributed by atoms with Crippen LogP contribution in [-0.4, -0.2) is 54.1 Å². The molecule has 7 heteroatoms. The lowest BCUT2D eigenvalue weighted by atomic mass is 9.99. The zero-order valence-electron chi connectivity index (χ0n) is 12.8. The molecule has 1 heterocycles. The monoisotopic (exact) mass is 333 g/mol. The van der Waals surface area contributed by atoms with Gasteiger partial charge in [-0.3, -0.25) is 0 Å². The number of piperidine rings is 1. The molecule has 23 heavy (non-hydrogen) atoms. The molecule has 2 rings (SSSR count). The maximum absolute atomic E-state index is 12.6. The van der Waals surface area contributed by atoms with Gasteiger partial charge < -0.3 is 19.8 Å². The van der Waals surface area contributed by atoms with Crippen molar-refractivity contribution < 1.29 is 28.1 Å². The number of nitrogens with zero attached hydrogens (tertiary/aromatic N) is 1. The highest BCUT2D eigenvalue weighted by Crippen LogP contribution is 2.31. The molecule has 0 amide bonds. The first-order valence-electron chi connectivity index (χ1n) is 7.70. The lowest BCUT2D eigenvalue weighted by Crippen LogP contribution is -2.42. The molecule has 1 aliphatic rings. The first kappa shape index (κ1) is 18.0. The Labute approximate surface area is 133 Å². The Bertz CT molecular complexity index is 496. The minimum absolute atomic E-state index is 0.0679. The van der Waals surface area contributed by atoms with Crippen LogP contribution < -0.4 is 4.74 Å². The lowest BCUT2D eigenvalue weighted by molar-refractivity contribution is -0.137. The number of likely N-dealkylation sites (tertiary alicyclic amines) is 1. The second-order valence-electron chi connectivity index (χ2n) is 5.94. The molecule has 1 saturated heterocycles. The third-order valence-electron chi connectivity index (χ3n) is 3.93. The molecule has 0 saturated carbocycles. The average Bonchev–Trinajstić information content (AvgIpc) is 2.52. The van der Waals surface area contributed by atoms with Gasteiger partial charge in [-0.1, -0.05) is 6.07 Å². The normalized spacial score (nSPS) is 21.2. The van der Waals surface area contributed by atoms with Crippen molar-refractivity contribution in [1.82, 2.24) is 4.90 Å². The van der Waals surface area contributed by atoms with Crippen LogP contribution in [0.1, 0.15) is 18.4 Å². The van der Waals surface area contributed by atoms with Crippen LogP contribution in [-0.2, 0) is 6.18 Å². The number of rotatable bonds is 6. The molecule has 130 valence electrons. The van der Waals surface area contributed by atoms with Crippen molar-refractivity contribution in [3.8, 4) is 5.75 Å². The Balaban J connectivity index is 1.81. The minimum Gasteiger partial charge on any atom is -0.491 e. The quantitative estimate of drug-likeness (QED) is 0.838.